The van der Waals surface area contributed by atoms with Crippen molar-refractivity contribution in [3.05, 3.63) is 71.2 Å². The Morgan fingerprint density at radius 3 is 2.81 bits per heavy atom. The monoisotopic (exact) mass is 416 g/mol. The predicted molar refractivity (Wildman–Crippen MR) is 120 cm³/mol. The van der Waals surface area contributed by atoms with Gasteiger partial charge in [0.1, 0.15) is 11.6 Å². The number of nitrogens with one attached hydrogen (secondary N) is 2. The molecule has 1 amide bonds. The number of carbonyl (C=O) groups is 1. The van der Waals surface area contributed by atoms with Crippen molar-refractivity contribution in [2.24, 2.45) is 0 Å². The number of carbonyl (C=O) groups excluding carboxylic acids is 1. The minimum Gasteiger partial charge on any atom is -0.508 e. The summed E-state index contributed by atoms with van der Waals surface area (Å²) in [5.74, 6) is 1.29. The summed E-state index contributed by atoms with van der Waals surface area (Å²) < 4.78 is 0. The molecule has 2 aliphatic heterocycles. The largest absolute Gasteiger partial charge is 0.508 e. The normalized spacial score (nSPS) is 21.0. The standard InChI is InChI=1S/C25H28N4O2/c1-16-23(17-7-3-2-4-8-17)28-24(27-16)22-9-5-6-12-29(22)25(31)21-14-18-10-11-20(30)13-19(18)15-26-21/h2-4,7-8,10-11,13,21-22,26,30H,5-6,9,12,14-15H2,1H3,(H,27,28)/t21-,22-/m0/s1. The van der Waals surface area contributed by atoms with E-state index in [1.165, 1.54) is 0 Å². The van der Waals surface area contributed by atoms with Gasteiger partial charge in [0.15, 0.2) is 0 Å². The van der Waals surface area contributed by atoms with Gasteiger partial charge in [-0.25, -0.2) is 4.98 Å². The maximum absolute atomic E-state index is 13.5. The topological polar surface area (TPSA) is 81.2 Å². The molecule has 2 aromatic carbocycles. The third-order valence-corrected chi connectivity index (χ3v) is 6.50. The van der Waals surface area contributed by atoms with Crippen LogP contribution in [0.1, 0.15) is 47.9 Å². The second-order valence-corrected chi connectivity index (χ2v) is 8.60. The summed E-state index contributed by atoms with van der Waals surface area (Å²) in [4.78, 5) is 24.0. The van der Waals surface area contributed by atoms with Crippen LogP contribution in [0, 0.1) is 6.92 Å². The van der Waals surface area contributed by atoms with E-state index in [1.54, 1.807) is 12.1 Å². The van der Waals surface area contributed by atoms with Gasteiger partial charge < -0.3 is 20.3 Å². The molecule has 0 aliphatic carbocycles. The van der Waals surface area contributed by atoms with E-state index in [0.29, 0.717) is 13.0 Å². The number of H-pyrrole nitrogens is 1. The summed E-state index contributed by atoms with van der Waals surface area (Å²) >= 11 is 0. The van der Waals surface area contributed by atoms with Crippen LogP contribution in [0.15, 0.2) is 48.5 Å². The van der Waals surface area contributed by atoms with Gasteiger partial charge in [0, 0.05) is 24.3 Å². The highest BCUT2D eigenvalue weighted by Gasteiger charge is 2.35. The zero-order valence-corrected chi connectivity index (χ0v) is 17.8. The van der Waals surface area contributed by atoms with Crippen molar-refractivity contribution >= 4 is 5.91 Å². The Bertz CT molecular complexity index is 1090. The van der Waals surface area contributed by atoms with Crippen LogP contribution in [0.5, 0.6) is 5.75 Å². The smallest absolute Gasteiger partial charge is 0.240 e. The summed E-state index contributed by atoms with van der Waals surface area (Å²) in [5.41, 5.74) is 5.27. The van der Waals surface area contributed by atoms with Crippen molar-refractivity contribution < 1.29 is 9.90 Å². The zero-order valence-electron chi connectivity index (χ0n) is 17.8. The Kier molecular flexibility index (Phi) is 5.24. The molecule has 1 fully saturated rings. The highest BCUT2D eigenvalue weighted by atomic mass is 16.3. The fourth-order valence-corrected chi connectivity index (χ4v) is 4.87. The van der Waals surface area contributed by atoms with E-state index in [1.807, 2.05) is 36.1 Å². The quantitative estimate of drug-likeness (QED) is 0.606. The van der Waals surface area contributed by atoms with Crippen molar-refractivity contribution in [3.63, 3.8) is 0 Å². The number of rotatable bonds is 3. The molecule has 3 heterocycles. The molecule has 6 heteroatoms. The van der Waals surface area contributed by atoms with Gasteiger partial charge in [0.2, 0.25) is 5.91 Å². The molecule has 160 valence electrons. The number of phenolic OH excluding ortho intramolecular Hbond substituents is 1. The molecule has 3 aromatic rings. The lowest BCUT2D eigenvalue weighted by molar-refractivity contribution is -0.137. The first-order valence-electron chi connectivity index (χ1n) is 11.1. The lowest BCUT2D eigenvalue weighted by Gasteiger charge is -2.38. The molecule has 1 saturated heterocycles. The molecule has 0 spiro atoms. The van der Waals surface area contributed by atoms with Crippen molar-refractivity contribution in [1.82, 2.24) is 20.2 Å². The second kappa shape index (κ2) is 8.19. The molecule has 6 nitrogen and oxygen atoms in total. The van der Waals surface area contributed by atoms with E-state index < -0.39 is 0 Å². The lowest BCUT2D eigenvalue weighted by Crippen LogP contribution is -2.51. The van der Waals surface area contributed by atoms with Crippen LogP contribution in [0.4, 0.5) is 0 Å². The van der Waals surface area contributed by atoms with Crippen LogP contribution < -0.4 is 5.32 Å². The summed E-state index contributed by atoms with van der Waals surface area (Å²) in [6.45, 7) is 3.39. The third kappa shape index (κ3) is 3.83. The number of aryl methyl sites for hydroxylation is 1. The number of hydrogen-bond donors (Lipinski definition) is 3. The number of amides is 1. The molecular formula is C25H28N4O2. The predicted octanol–water partition coefficient (Wildman–Crippen LogP) is 3.86. The Hall–Kier alpha value is -3.12. The summed E-state index contributed by atoms with van der Waals surface area (Å²) in [7, 11) is 0. The molecule has 31 heavy (non-hydrogen) atoms. The number of phenols is 1. The minimum atomic E-state index is -0.248. The number of likely N-dealkylation sites (tertiary alicyclic amines) is 1. The molecule has 0 bridgehead atoms. The third-order valence-electron chi connectivity index (χ3n) is 6.50. The number of imidazole rings is 1. The number of nitrogens with zero attached hydrogens (tertiary/aromatic N) is 2. The Labute approximate surface area is 182 Å². The molecule has 5 rings (SSSR count). The molecule has 0 saturated carbocycles. The summed E-state index contributed by atoms with van der Waals surface area (Å²) in [6, 6.07) is 15.3. The number of aromatic nitrogens is 2. The van der Waals surface area contributed by atoms with Crippen molar-refractivity contribution in [2.75, 3.05) is 6.54 Å². The fraction of sp³-hybridized carbons (Fsp3) is 0.360. The van der Waals surface area contributed by atoms with Crippen LogP contribution >= 0.6 is 0 Å². The van der Waals surface area contributed by atoms with Crippen LogP contribution in [0.2, 0.25) is 0 Å². The van der Waals surface area contributed by atoms with Gasteiger partial charge in [-0.15, -0.1) is 0 Å². The van der Waals surface area contributed by atoms with Crippen molar-refractivity contribution in [2.45, 2.75) is 51.2 Å². The summed E-state index contributed by atoms with van der Waals surface area (Å²) in [6.07, 6.45) is 3.67. The van der Waals surface area contributed by atoms with E-state index in [2.05, 4.69) is 22.4 Å². The molecule has 2 atom stereocenters. The Morgan fingerprint density at radius 1 is 1.13 bits per heavy atom. The number of fused-ring (bicyclic) bond motifs is 1. The van der Waals surface area contributed by atoms with Crippen LogP contribution in [-0.4, -0.2) is 38.5 Å². The molecule has 2 aliphatic rings. The Balaban J connectivity index is 1.39. The molecule has 3 N–H and O–H groups in total. The highest BCUT2D eigenvalue weighted by molar-refractivity contribution is 5.83. The van der Waals surface area contributed by atoms with E-state index in [-0.39, 0.29) is 23.7 Å². The molecular weight excluding hydrogens is 388 g/mol. The van der Waals surface area contributed by atoms with Gasteiger partial charge in [-0.3, -0.25) is 4.79 Å². The number of piperidine rings is 1. The number of aromatic amines is 1. The first-order valence-corrected chi connectivity index (χ1v) is 11.1. The number of benzene rings is 2. The van der Waals surface area contributed by atoms with E-state index in [9.17, 15) is 9.90 Å². The average molecular weight is 417 g/mol. The lowest BCUT2D eigenvalue weighted by atomic mass is 9.93. The van der Waals surface area contributed by atoms with Crippen LogP contribution in [-0.2, 0) is 17.8 Å². The van der Waals surface area contributed by atoms with Crippen molar-refractivity contribution in [3.8, 4) is 17.0 Å². The maximum Gasteiger partial charge on any atom is 0.240 e. The zero-order chi connectivity index (χ0) is 21.4. The second-order valence-electron chi connectivity index (χ2n) is 8.60. The van der Waals surface area contributed by atoms with Crippen LogP contribution in [0.25, 0.3) is 11.3 Å². The Morgan fingerprint density at radius 2 is 1.97 bits per heavy atom. The first-order chi connectivity index (χ1) is 15.1. The van der Waals surface area contributed by atoms with E-state index >= 15 is 0 Å². The molecule has 0 radical (unpaired) electrons. The molecule has 1 aromatic heterocycles. The first kappa shape index (κ1) is 19.8. The number of aromatic hydroxyl groups is 1. The van der Waals surface area contributed by atoms with Gasteiger partial charge in [0.25, 0.3) is 0 Å². The van der Waals surface area contributed by atoms with Gasteiger partial charge in [-0.05, 0) is 55.9 Å². The maximum atomic E-state index is 13.5. The minimum absolute atomic E-state index is 0.0274. The van der Waals surface area contributed by atoms with Gasteiger partial charge in [-0.1, -0.05) is 36.4 Å². The van der Waals surface area contributed by atoms with E-state index in [0.717, 1.165) is 59.7 Å². The van der Waals surface area contributed by atoms with Gasteiger partial charge in [0.05, 0.1) is 17.8 Å². The van der Waals surface area contributed by atoms with Gasteiger partial charge >= 0.3 is 0 Å². The highest BCUT2D eigenvalue weighted by Crippen LogP contribution is 2.33. The average Bonchev–Trinajstić information content (AvgIpc) is 3.20. The van der Waals surface area contributed by atoms with Crippen molar-refractivity contribution in [1.29, 1.82) is 0 Å². The van der Waals surface area contributed by atoms with Gasteiger partial charge in [-0.2, -0.15) is 0 Å². The fourth-order valence-electron chi connectivity index (χ4n) is 4.87. The summed E-state index contributed by atoms with van der Waals surface area (Å²) in [5, 5.41) is 13.1. The SMILES string of the molecule is Cc1[nH]c([C@@H]2CCCCN2C(=O)[C@@H]2Cc3ccc(O)cc3CN2)nc1-c1ccccc1. The van der Waals surface area contributed by atoms with Crippen LogP contribution in [0.3, 0.4) is 0 Å². The molecule has 0 unspecified atom stereocenters. The number of hydrogen-bond acceptors (Lipinski definition) is 4. The van der Waals surface area contributed by atoms with E-state index in [4.69, 9.17) is 4.98 Å².